The molecule has 0 radical (unpaired) electrons. The van der Waals surface area contributed by atoms with Gasteiger partial charge in [0, 0.05) is 16.2 Å². The predicted octanol–water partition coefficient (Wildman–Crippen LogP) is 4.13. The number of pyridine rings is 1. The molecular weight excluding hydrogens is 302 g/mol. The molecule has 3 nitrogen and oxygen atoms in total. The first kappa shape index (κ1) is 12.2. The van der Waals surface area contributed by atoms with Crippen LogP contribution in [0.5, 0.6) is 0 Å². The summed E-state index contributed by atoms with van der Waals surface area (Å²) >= 11 is 9.36. The van der Waals surface area contributed by atoms with Gasteiger partial charge in [-0.3, -0.25) is 0 Å². The normalized spacial score (nSPS) is 10.3. The first-order valence-electron chi connectivity index (χ1n) is 5.01. The number of halogens is 2. The Bertz CT molecular complexity index is 537. The van der Waals surface area contributed by atoms with Crippen molar-refractivity contribution >= 4 is 44.7 Å². The van der Waals surface area contributed by atoms with Crippen molar-refractivity contribution < 1.29 is 0 Å². The van der Waals surface area contributed by atoms with Gasteiger partial charge in [0.25, 0.3) is 0 Å². The summed E-state index contributed by atoms with van der Waals surface area (Å²) in [6.07, 6.45) is 0. The molecule has 0 aliphatic carbocycles. The van der Waals surface area contributed by atoms with Crippen LogP contribution in [0.25, 0.3) is 0 Å². The Kier molecular flexibility index (Phi) is 3.54. The van der Waals surface area contributed by atoms with Gasteiger partial charge < -0.3 is 11.1 Å². The molecule has 1 aromatic heterocycles. The molecule has 0 saturated heterocycles. The van der Waals surface area contributed by atoms with Crippen LogP contribution in [-0.4, -0.2) is 4.98 Å². The first-order valence-corrected chi connectivity index (χ1v) is 6.18. The maximum Gasteiger partial charge on any atom is 0.134 e. The van der Waals surface area contributed by atoms with Crippen LogP contribution in [0.3, 0.4) is 0 Å². The minimum atomic E-state index is 0.372. The first-order chi connectivity index (χ1) is 8.06. The van der Waals surface area contributed by atoms with Gasteiger partial charge in [-0.15, -0.1) is 0 Å². The van der Waals surface area contributed by atoms with Crippen LogP contribution in [-0.2, 0) is 0 Å². The molecule has 17 heavy (non-hydrogen) atoms. The number of nitrogens with one attached hydrogen (secondary N) is 1. The second-order valence-electron chi connectivity index (χ2n) is 3.67. The fraction of sp³-hybridized carbons (Fsp3) is 0.0833. The molecule has 0 aliphatic rings. The van der Waals surface area contributed by atoms with E-state index >= 15 is 0 Å². The number of aromatic nitrogens is 1. The van der Waals surface area contributed by atoms with Crippen LogP contribution in [0.4, 0.5) is 17.2 Å². The fourth-order valence-corrected chi connectivity index (χ4v) is 2.04. The maximum atomic E-state index is 5.84. The third kappa shape index (κ3) is 2.90. The summed E-state index contributed by atoms with van der Waals surface area (Å²) in [5.41, 5.74) is 8.36. The van der Waals surface area contributed by atoms with Crippen molar-refractivity contribution in [2.75, 3.05) is 11.1 Å². The number of nitrogens with zero attached hydrogens (tertiary/aromatic N) is 1. The van der Waals surface area contributed by atoms with E-state index in [0.717, 1.165) is 15.7 Å². The van der Waals surface area contributed by atoms with Crippen LogP contribution < -0.4 is 11.1 Å². The van der Waals surface area contributed by atoms with Crippen molar-refractivity contribution in [3.63, 3.8) is 0 Å². The van der Waals surface area contributed by atoms with Crippen LogP contribution in [0.1, 0.15) is 5.56 Å². The number of nitrogen functional groups attached to an aromatic ring is 1. The Hall–Kier alpha value is -1.26. The van der Waals surface area contributed by atoms with E-state index in [0.29, 0.717) is 16.7 Å². The summed E-state index contributed by atoms with van der Waals surface area (Å²) in [6.45, 7) is 2.02. The number of rotatable bonds is 2. The standard InChI is InChI=1S/C12H11BrClN3/c1-7-3-2-4-9(12(7)13)16-11-6-8(15)5-10(14)17-11/h2-6H,1H3,(H3,15,16,17). The van der Waals surface area contributed by atoms with Gasteiger partial charge in [-0.25, -0.2) is 4.98 Å². The van der Waals surface area contributed by atoms with Crippen LogP contribution in [0.2, 0.25) is 5.15 Å². The van der Waals surface area contributed by atoms with Crippen molar-refractivity contribution in [1.82, 2.24) is 4.98 Å². The third-order valence-electron chi connectivity index (χ3n) is 2.27. The lowest BCUT2D eigenvalue weighted by molar-refractivity contribution is 1.30. The lowest BCUT2D eigenvalue weighted by Gasteiger charge is -2.10. The Morgan fingerprint density at radius 2 is 2.12 bits per heavy atom. The fourth-order valence-electron chi connectivity index (χ4n) is 1.46. The second kappa shape index (κ2) is 4.94. The smallest absolute Gasteiger partial charge is 0.134 e. The number of aryl methyl sites for hydroxylation is 1. The zero-order valence-electron chi connectivity index (χ0n) is 9.17. The Balaban J connectivity index is 2.34. The predicted molar refractivity (Wildman–Crippen MR) is 75.8 cm³/mol. The minimum Gasteiger partial charge on any atom is -0.399 e. The SMILES string of the molecule is Cc1cccc(Nc2cc(N)cc(Cl)n2)c1Br. The highest BCUT2D eigenvalue weighted by atomic mass is 79.9. The molecule has 3 N–H and O–H groups in total. The number of hydrogen-bond donors (Lipinski definition) is 2. The molecule has 0 saturated carbocycles. The largest absolute Gasteiger partial charge is 0.399 e. The van der Waals surface area contributed by atoms with E-state index in [1.165, 1.54) is 0 Å². The van der Waals surface area contributed by atoms with Gasteiger partial charge in [-0.1, -0.05) is 23.7 Å². The summed E-state index contributed by atoms with van der Waals surface area (Å²) in [4.78, 5) is 4.15. The summed E-state index contributed by atoms with van der Waals surface area (Å²) in [5.74, 6) is 0.626. The molecule has 1 aromatic carbocycles. The van der Waals surface area contributed by atoms with Crippen molar-refractivity contribution in [2.45, 2.75) is 6.92 Å². The Morgan fingerprint density at radius 3 is 2.82 bits per heavy atom. The van der Waals surface area contributed by atoms with Gasteiger partial charge in [0.15, 0.2) is 0 Å². The van der Waals surface area contributed by atoms with E-state index in [2.05, 4.69) is 26.2 Å². The van der Waals surface area contributed by atoms with Gasteiger partial charge in [0.2, 0.25) is 0 Å². The van der Waals surface area contributed by atoms with Crippen LogP contribution >= 0.6 is 27.5 Å². The highest BCUT2D eigenvalue weighted by Crippen LogP contribution is 2.29. The quantitative estimate of drug-likeness (QED) is 0.820. The van der Waals surface area contributed by atoms with Gasteiger partial charge >= 0.3 is 0 Å². The van der Waals surface area contributed by atoms with E-state index in [9.17, 15) is 0 Å². The Morgan fingerprint density at radius 1 is 1.35 bits per heavy atom. The molecule has 0 aliphatic heterocycles. The summed E-state index contributed by atoms with van der Waals surface area (Å²) < 4.78 is 1.00. The Labute approximate surface area is 113 Å². The topological polar surface area (TPSA) is 50.9 Å². The zero-order valence-corrected chi connectivity index (χ0v) is 11.5. The van der Waals surface area contributed by atoms with Crippen LogP contribution in [0, 0.1) is 6.92 Å². The summed E-state index contributed by atoms with van der Waals surface area (Å²) in [7, 11) is 0. The lowest BCUT2D eigenvalue weighted by Crippen LogP contribution is -1.97. The van der Waals surface area contributed by atoms with Gasteiger partial charge in [0.1, 0.15) is 11.0 Å². The van der Waals surface area contributed by atoms with Crippen molar-refractivity contribution in [1.29, 1.82) is 0 Å². The average Bonchev–Trinajstić information content (AvgIpc) is 2.23. The molecule has 5 heteroatoms. The van der Waals surface area contributed by atoms with E-state index in [1.807, 2.05) is 25.1 Å². The number of nitrogens with two attached hydrogens (primary N) is 1. The highest BCUT2D eigenvalue weighted by Gasteiger charge is 2.04. The molecule has 0 amide bonds. The van der Waals surface area contributed by atoms with Crippen molar-refractivity contribution in [3.05, 3.63) is 45.5 Å². The molecule has 88 valence electrons. The summed E-state index contributed by atoms with van der Waals surface area (Å²) in [6, 6.07) is 9.29. The molecule has 0 unspecified atom stereocenters. The molecule has 1 heterocycles. The van der Waals surface area contributed by atoms with E-state index in [1.54, 1.807) is 12.1 Å². The minimum absolute atomic E-state index is 0.372. The number of benzene rings is 1. The van der Waals surface area contributed by atoms with Gasteiger partial charge in [0.05, 0.1) is 5.69 Å². The zero-order chi connectivity index (χ0) is 12.4. The summed E-state index contributed by atoms with van der Waals surface area (Å²) in [5, 5.41) is 3.54. The molecule has 2 rings (SSSR count). The van der Waals surface area contributed by atoms with Gasteiger partial charge in [-0.05, 0) is 40.5 Å². The molecule has 2 aromatic rings. The molecular formula is C12H11BrClN3. The lowest BCUT2D eigenvalue weighted by atomic mass is 10.2. The van der Waals surface area contributed by atoms with Crippen LogP contribution in [0.15, 0.2) is 34.8 Å². The van der Waals surface area contributed by atoms with E-state index in [-0.39, 0.29) is 0 Å². The highest BCUT2D eigenvalue weighted by molar-refractivity contribution is 9.10. The van der Waals surface area contributed by atoms with E-state index < -0.39 is 0 Å². The number of hydrogen-bond acceptors (Lipinski definition) is 3. The molecule has 0 fully saturated rings. The monoisotopic (exact) mass is 311 g/mol. The van der Waals surface area contributed by atoms with Crippen molar-refractivity contribution in [2.24, 2.45) is 0 Å². The average molecular weight is 313 g/mol. The molecule has 0 bridgehead atoms. The number of anilines is 3. The molecule has 0 spiro atoms. The maximum absolute atomic E-state index is 5.84. The van der Waals surface area contributed by atoms with E-state index in [4.69, 9.17) is 17.3 Å². The molecule has 0 atom stereocenters. The second-order valence-corrected chi connectivity index (χ2v) is 4.85. The van der Waals surface area contributed by atoms with Gasteiger partial charge in [-0.2, -0.15) is 0 Å². The van der Waals surface area contributed by atoms with Crippen molar-refractivity contribution in [3.8, 4) is 0 Å². The third-order valence-corrected chi connectivity index (χ3v) is 3.52.